The molecule has 0 radical (unpaired) electrons. The fourth-order valence-corrected chi connectivity index (χ4v) is 1.47. The highest BCUT2D eigenvalue weighted by Crippen LogP contribution is 2.28. The third-order valence-electron chi connectivity index (χ3n) is 2.36. The molecule has 0 aromatic heterocycles. The van der Waals surface area contributed by atoms with Crippen molar-refractivity contribution in [2.24, 2.45) is 10.9 Å². The summed E-state index contributed by atoms with van der Waals surface area (Å²) >= 11 is 0. The highest BCUT2D eigenvalue weighted by atomic mass is 19.1. The van der Waals surface area contributed by atoms with Gasteiger partial charge in [-0.2, -0.15) is 0 Å². The van der Waals surface area contributed by atoms with E-state index in [-0.39, 0.29) is 11.4 Å². The Morgan fingerprint density at radius 3 is 2.21 bits per heavy atom. The van der Waals surface area contributed by atoms with Gasteiger partial charge in [0.15, 0.2) is 23.2 Å². The zero-order valence-corrected chi connectivity index (χ0v) is 9.68. The van der Waals surface area contributed by atoms with E-state index in [4.69, 9.17) is 15.7 Å². The number of benzene rings is 2. The van der Waals surface area contributed by atoms with Gasteiger partial charge in [0.1, 0.15) is 5.75 Å². The van der Waals surface area contributed by atoms with Crippen molar-refractivity contribution < 1.29 is 18.7 Å². The van der Waals surface area contributed by atoms with Crippen LogP contribution in [0.1, 0.15) is 5.56 Å². The standard InChI is InChI=1S/C13H10F2N2O2/c14-10-6-8(13(16)17-18)7-11(15)12(10)19-9-4-2-1-3-5-9/h1-7,18H,(H2,16,17). The summed E-state index contributed by atoms with van der Waals surface area (Å²) in [5.41, 5.74) is 5.19. The van der Waals surface area contributed by atoms with Gasteiger partial charge in [-0.05, 0) is 24.3 Å². The Hall–Kier alpha value is -2.63. The lowest BCUT2D eigenvalue weighted by Gasteiger charge is -2.09. The second-order valence-corrected chi connectivity index (χ2v) is 3.67. The predicted molar refractivity (Wildman–Crippen MR) is 65.4 cm³/mol. The van der Waals surface area contributed by atoms with Crippen molar-refractivity contribution in [1.82, 2.24) is 0 Å². The Bertz CT molecular complexity index is 592. The number of nitrogens with two attached hydrogens (primary N) is 1. The minimum atomic E-state index is -0.939. The number of nitrogens with zero attached hydrogens (tertiary/aromatic N) is 1. The summed E-state index contributed by atoms with van der Waals surface area (Å²) < 4.78 is 32.6. The van der Waals surface area contributed by atoms with Crippen LogP contribution in [-0.4, -0.2) is 11.0 Å². The van der Waals surface area contributed by atoms with E-state index in [2.05, 4.69) is 5.16 Å². The van der Waals surface area contributed by atoms with Crippen LogP contribution in [0.2, 0.25) is 0 Å². The van der Waals surface area contributed by atoms with Crippen molar-refractivity contribution in [3.05, 3.63) is 59.7 Å². The number of hydrogen-bond donors (Lipinski definition) is 2. The fraction of sp³-hybridized carbons (Fsp3) is 0. The summed E-state index contributed by atoms with van der Waals surface area (Å²) in [6, 6.07) is 10.1. The molecule has 0 saturated carbocycles. The first-order valence-corrected chi connectivity index (χ1v) is 5.31. The van der Waals surface area contributed by atoms with Gasteiger partial charge in [-0.3, -0.25) is 0 Å². The number of hydrogen-bond acceptors (Lipinski definition) is 3. The predicted octanol–water partition coefficient (Wildman–Crippen LogP) is 2.85. The molecule has 2 aromatic rings. The van der Waals surface area contributed by atoms with Crippen molar-refractivity contribution >= 4 is 5.84 Å². The van der Waals surface area contributed by atoms with E-state index in [1.807, 2.05) is 0 Å². The summed E-state index contributed by atoms with van der Waals surface area (Å²) in [5, 5.41) is 11.1. The van der Waals surface area contributed by atoms with E-state index in [1.165, 1.54) is 0 Å². The zero-order chi connectivity index (χ0) is 13.8. The first-order chi connectivity index (χ1) is 9.11. The molecule has 0 unspecified atom stereocenters. The molecule has 0 heterocycles. The Balaban J connectivity index is 2.38. The molecule has 0 fully saturated rings. The molecule has 19 heavy (non-hydrogen) atoms. The van der Waals surface area contributed by atoms with Crippen LogP contribution in [0.15, 0.2) is 47.6 Å². The van der Waals surface area contributed by atoms with Crippen LogP contribution in [0.4, 0.5) is 8.78 Å². The van der Waals surface area contributed by atoms with Gasteiger partial charge >= 0.3 is 0 Å². The molecule has 2 aromatic carbocycles. The first-order valence-electron chi connectivity index (χ1n) is 5.31. The van der Waals surface area contributed by atoms with E-state index in [0.29, 0.717) is 5.75 Å². The van der Waals surface area contributed by atoms with Gasteiger partial charge in [-0.25, -0.2) is 8.78 Å². The van der Waals surface area contributed by atoms with Gasteiger partial charge in [0.2, 0.25) is 0 Å². The molecule has 0 amide bonds. The summed E-state index contributed by atoms with van der Waals surface area (Å²) in [4.78, 5) is 0. The number of halogens is 2. The van der Waals surface area contributed by atoms with Crippen LogP contribution < -0.4 is 10.5 Å². The molecular formula is C13H10F2N2O2. The third kappa shape index (κ3) is 2.79. The molecule has 0 aliphatic carbocycles. The fourth-order valence-electron chi connectivity index (χ4n) is 1.47. The van der Waals surface area contributed by atoms with Gasteiger partial charge in [-0.15, -0.1) is 0 Å². The molecule has 98 valence electrons. The van der Waals surface area contributed by atoms with Gasteiger partial charge < -0.3 is 15.7 Å². The van der Waals surface area contributed by atoms with Crippen LogP contribution in [-0.2, 0) is 0 Å². The maximum Gasteiger partial charge on any atom is 0.198 e. The van der Waals surface area contributed by atoms with E-state index in [9.17, 15) is 8.78 Å². The van der Waals surface area contributed by atoms with E-state index in [1.54, 1.807) is 30.3 Å². The highest BCUT2D eigenvalue weighted by molar-refractivity contribution is 5.97. The van der Waals surface area contributed by atoms with Gasteiger partial charge in [0.05, 0.1) is 0 Å². The molecule has 0 aliphatic heterocycles. The monoisotopic (exact) mass is 264 g/mol. The van der Waals surface area contributed by atoms with Crippen molar-refractivity contribution in [2.75, 3.05) is 0 Å². The number of rotatable bonds is 3. The Labute approximate surface area is 107 Å². The topological polar surface area (TPSA) is 67.8 Å². The van der Waals surface area contributed by atoms with Crippen molar-refractivity contribution in [1.29, 1.82) is 0 Å². The highest BCUT2D eigenvalue weighted by Gasteiger charge is 2.15. The van der Waals surface area contributed by atoms with Crippen LogP contribution in [0.25, 0.3) is 0 Å². The maximum atomic E-state index is 13.7. The van der Waals surface area contributed by atoms with Crippen LogP contribution >= 0.6 is 0 Å². The number of amidine groups is 1. The number of ether oxygens (including phenoxy) is 1. The van der Waals surface area contributed by atoms with Gasteiger partial charge in [0, 0.05) is 5.56 Å². The largest absolute Gasteiger partial charge is 0.451 e. The van der Waals surface area contributed by atoms with Crippen LogP contribution in [0.3, 0.4) is 0 Å². The Morgan fingerprint density at radius 1 is 1.11 bits per heavy atom. The molecular weight excluding hydrogens is 254 g/mol. The second kappa shape index (κ2) is 5.34. The van der Waals surface area contributed by atoms with Crippen LogP contribution in [0, 0.1) is 11.6 Å². The summed E-state index contributed by atoms with van der Waals surface area (Å²) in [6.07, 6.45) is 0. The Morgan fingerprint density at radius 2 is 1.68 bits per heavy atom. The first kappa shape index (κ1) is 12.8. The molecule has 2 rings (SSSR count). The molecule has 6 heteroatoms. The average molecular weight is 264 g/mol. The molecule has 3 N–H and O–H groups in total. The van der Waals surface area contributed by atoms with E-state index in [0.717, 1.165) is 12.1 Å². The summed E-state index contributed by atoms with van der Waals surface area (Å²) in [7, 11) is 0. The quantitative estimate of drug-likeness (QED) is 0.387. The SMILES string of the molecule is N/C(=N/O)c1cc(F)c(Oc2ccccc2)c(F)c1. The lowest BCUT2D eigenvalue weighted by atomic mass is 10.2. The molecule has 0 atom stereocenters. The minimum absolute atomic E-state index is 0.0714. The normalized spacial score (nSPS) is 11.4. The molecule has 4 nitrogen and oxygen atoms in total. The lowest BCUT2D eigenvalue weighted by Crippen LogP contribution is -2.14. The lowest BCUT2D eigenvalue weighted by molar-refractivity contribution is 0.318. The smallest absolute Gasteiger partial charge is 0.198 e. The van der Waals surface area contributed by atoms with Gasteiger partial charge in [0.25, 0.3) is 0 Å². The molecule has 0 spiro atoms. The Kier molecular flexibility index (Phi) is 3.61. The number of oxime groups is 1. The number of para-hydroxylation sites is 1. The zero-order valence-electron chi connectivity index (χ0n) is 9.68. The molecule has 0 saturated heterocycles. The van der Waals surface area contributed by atoms with Crippen molar-refractivity contribution in [2.45, 2.75) is 0 Å². The minimum Gasteiger partial charge on any atom is -0.451 e. The molecule has 0 bridgehead atoms. The third-order valence-corrected chi connectivity index (χ3v) is 2.36. The van der Waals surface area contributed by atoms with E-state index < -0.39 is 17.4 Å². The maximum absolute atomic E-state index is 13.7. The van der Waals surface area contributed by atoms with Crippen LogP contribution in [0.5, 0.6) is 11.5 Å². The van der Waals surface area contributed by atoms with Crippen molar-refractivity contribution in [3.63, 3.8) is 0 Å². The van der Waals surface area contributed by atoms with Crippen molar-refractivity contribution in [3.8, 4) is 11.5 Å². The summed E-state index contributed by atoms with van der Waals surface area (Å²) in [6.45, 7) is 0. The molecule has 0 aliphatic rings. The van der Waals surface area contributed by atoms with Gasteiger partial charge in [-0.1, -0.05) is 23.4 Å². The summed E-state index contributed by atoms with van der Waals surface area (Å²) in [5.74, 6) is -2.50. The second-order valence-electron chi connectivity index (χ2n) is 3.67. The van der Waals surface area contributed by atoms with E-state index >= 15 is 0 Å². The average Bonchev–Trinajstić information content (AvgIpc) is 2.43.